The van der Waals surface area contributed by atoms with Gasteiger partial charge in [-0.25, -0.2) is 9.69 Å². The summed E-state index contributed by atoms with van der Waals surface area (Å²) in [6.45, 7) is 4.69. The van der Waals surface area contributed by atoms with Gasteiger partial charge >= 0.3 is 6.09 Å². The highest BCUT2D eigenvalue weighted by atomic mass is 16.7. The zero-order valence-corrected chi connectivity index (χ0v) is 12.1. The van der Waals surface area contributed by atoms with Crippen LogP contribution in [0, 0.1) is 5.92 Å². The van der Waals surface area contributed by atoms with Gasteiger partial charge in [-0.3, -0.25) is 4.79 Å². The minimum Gasteiger partial charge on any atom is -0.465 e. The third-order valence-corrected chi connectivity index (χ3v) is 3.79. The van der Waals surface area contributed by atoms with Crippen LogP contribution in [0.3, 0.4) is 0 Å². The minimum absolute atomic E-state index is 0.129. The fourth-order valence-corrected chi connectivity index (χ4v) is 2.90. The number of hydrogen-bond donors (Lipinski definition) is 1. The average Bonchev–Trinajstić information content (AvgIpc) is 2.66. The number of imide groups is 1. The van der Waals surface area contributed by atoms with E-state index in [4.69, 9.17) is 9.47 Å². The van der Waals surface area contributed by atoms with Crippen molar-refractivity contribution in [3.8, 4) is 0 Å². The van der Waals surface area contributed by atoms with Crippen molar-refractivity contribution < 1.29 is 24.2 Å². The number of hydrogen-bond acceptors (Lipinski definition) is 4. The van der Waals surface area contributed by atoms with Gasteiger partial charge in [-0.1, -0.05) is 13.8 Å². The Bertz CT molecular complexity index is 365. The van der Waals surface area contributed by atoms with E-state index < -0.39 is 12.1 Å². The molecule has 6 nitrogen and oxygen atoms in total. The number of amides is 2. The van der Waals surface area contributed by atoms with Crippen molar-refractivity contribution in [1.29, 1.82) is 0 Å². The Morgan fingerprint density at radius 1 is 1.50 bits per heavy atom. The van der Waals surface area contributed by atoms with E-state index in [0.29, 0.717) is 18.9 Å². The van der Waals surface area contributed by atoms with Crippen LogP contribution in [-0.4, -0.2) is 47.0 Å². The van der Waals surface area contributed by atoms with E-state index in [1.165, 1.54) is 0 Å². The number of carbonyl (C=O) groups excluding carboxylic acids is 1. The number of carbonyl (C=O) groups is 2. The monoisotopic (exact) mass is 285 g/mol. The molecule has 3 atom stereocenters. The van der Waals surface area contributed by atoms with Gasteiger partial charge in [0.15, 0.2) is 6.29 Å². The molecule has 0 aromatic carbocycles. The molecule has 20 heavy (non-hydrogen) atoms. The summed E-state index contributed by atoms with van der Waals surface area (Å²) in [5, 5.41) is 9.21. The highest BCUT2D eigenvalue weighted by molar-refractivity contribution is 5.93. The summed E-state index contributed by atoms with van der Waals surface area (Å²) in [5.41, 5.74) is 0. The van der Waals surface area contributed by atoms with Crippen LogP contribution < -0.4 is 0 Å². The highest BCUT2D eigenvalue weighted by Gasteiger charge is 2.45. The Kier molecular flexibility index (Phi) is 4.99. The summed E-state index contributed by atoms with van der Waals surface area (Å²) in [7, 11) is 0. The molecule has 2 heterocycles. The first-order chi connectivity index (χ1) is 9.49. The van der Waals surface area contributed by atoms with Crippen molar-refractivity contribution in [2.45, 2.75) is 64.4 Å². The Morgan fingerprint density at radius 2 is 2.25 bits per heavy atom. The van der Waals surface area contributed by atoms with E-state index >= 15 is 0 Å². The van der Waals surface area contributed by atoms with Crippen molar-refractivity contribution in [3.05, 3.63) is 0 Å². The van der Waals surface area contributed by atoms with Crippen molar-refractivity contribution >= 4 is 12.0 Å². The van der Waals surface area contributed by atoms with Crippen LogP contribution in [0.5, 0.6) is 0 Å². The molecule has 2 amide bonds. The molecule has 0 aromatic heterocycles. The van der Waals surface area contributed by atoms with Gasteiger partial charge < -0.3 is 14.6 Å². The molecule has 0 aromatic rings. The van der Waals surface area contributed by atoms with Gasteiger partial charge in [-0.15, -0.1) is 0 Å². The molecule has 2 aliphatic heterocycles. The van der Waals surface area contributed by atoms with E-state index in [9.17, 15) is 14.7 Å². The van der Waals surface area contributed by atoms with Crippen LogP contribution in [-0.2, 0) is 14.3 Å². The lowest BCUT2D eigenvalue weighted by molar-refractivity contribution is -0.192. The smallest absolute Gasteiger partial charge is 0.414 e. The molecule has 0 aliphatic carbocycles. The molecule has 2 saturated heterocycles. The molecule has 6 heteroatoms. The van der Waals surface area contributed by atoms with Crippen LogP contribution in [0.1, 0.15) is 46.0 Å². The molecule has 2 rings (SSSR count). The lowest BCUT2D eigenvalue weighted by Crippen LogP contribution is -2.43. The summed E-state index contributed by atoms with van der Waals surface area (Å²) in [6, 6.07) is -0.398. The van der Waals surface area contributed by atoms with Gasteiger partial charge in [0, 0.05) is 6.61 Å². The first-order valence-electron chi connectivity index (χ1n) is 7.31. The van der Waals surface area contributed by atoms with Gasteiger partial charge in [0.2, 0.25) is 5.91 Å². The first-order valence-corrected chi connectivity index (χ1v) is 7.31. The minimum atomic E-state index is -1.18. The van der Waals surface area contributed by atoms with Crippen molar-refractivity contribution in [3.63, 3.8) is 0 Å². The second kappa shape index (κ2) is 6.54. The summed E-state index contributed by atoms with van der Waals surface area (Å²) in [6.07, 6.45) is 1.76. The maximum atomic E-state index is 11.9. The van der Waals surface area contributed by atoms with Gasteiger partial charge in [-0.2, -0.15) is 0 Å². The highest BCUT2D eigenvalue weighted by Crippen LogP contribution is 2.30. The SMILES string of the molecule is CC(C)C[C@H]1[C@@H](OC2CCCCO2)CC(=O)N1C(=O)O. The van der Waals surface area contributed by atoms with Gasteiger partial charge in [0.05, 0.1) is 18.6 Å². The Balaban J connectivity index is 2.05. The average molecular weight is 285 g/mol. The van der Waals surface area contributed by atoms with Crippen molar-refractivity contribution in [2.24, 2.45) is 5.92 Å². The Morgan fingerprint density at radius 3 is 2.80 bits per heavy atom. The summed E-state index contributed by atoms with van der Waals surface area (Å²) >= 11 is 0. The van der Waals surface area contributed by atoms with Gasteiger partial charge in [0.1, 0.15) is 0 Å². The third kappa shape index (κ3) is 3.49. The molecular formula is C14H23NO5. The van der Waals surface area contributed by atoms with E-state index in [0.717, 1.165) is 24.2 Å². The normalized spacial score (nSPS) is 31.1. The molecule has 0 spiro atoms. The number of rotatable bonds is 4. The van der Waals surface area contributed by atoms with Crippen molar-refractivity contribution in [1.82, 2.24) is 4.90 Å². The zero-order valence-electron chi connectivity index (χ0n) is 12.1. The second-order valence-electron chi connectivity index (χ2n) is 5.92. The molecule has 0 saturated carbocycles. The van der Waals surface area contributed by atoms with Gasteiger partial charge in [-0.05, 0) is 31.6 Å². The molecule has 0 radical (unpaired) electrons. The van der Waals surface area contributed by atoms with Crippen LogP contribution in [0.25, 0.3) is 0 Å². The maximum absolute atomic E-state index is 11.9. The summed E-state index contributed by atoms with van der Waals surface area (Å²) < 4.78 is 11.4. The predicted molar refractivity (Wildman–Crippen MR) is 71.2 cm³/mol. The first kappa shape index (κ1) is 15.3. The van der Waals surface area contributed by atoms with Crippen molar-refractivity contribution in [2.75, 3.05) is 6.61 Å². The predicted octanol–water partition coefficient (Wildman–Crippen LogP) is 2.22. The standard InChI is InChI=1S/C14H23NO5/c1-9(2)7-10-11(8-12(16)15(10)14(17)18)20-13-5-3-4-6-19-13/h9-11,13H,3-8H2,1-2H3,(H,17,18)/t10-,11-,13?/m0/s1. The van der Waals surface area contributed by atoms with E-state index in [1.807, 2.05) is 13.8 Å². The fourth-order valence-electron chi connectivity index (χ4n) is 2.90. The van der Waals surface area contributed by atoms with Crippen LogP contribution >= 0.6 is 0 Å². The zero-order chi connectivity index (χ0) is 14.7. The van der Waals surface area contributed by atoms with E-state index in [1.54, 1.807) is 0 Å². The lowest BCUT2D eigenvalue weighted by atomic mass is 10.00. The fraction of sp³-hybridized carbons (Fsp3) is 0.857. The summed E-state index contributed by atoms with van der Waals surface area (Å²) in [5.74, 6) is -0.0740. The van der Waals surface area contributed by atoms with E-state index in [-0.39, 0.29) is 24.7 Å². The Hall–Kier alpha value is -1.14. The number of carboxylic acid groups (broad SMARTS) is 1. The van der Waals surface area contributed by atoms with Crippen LogP contribution in [0.4, 0.5) is 4.79 Å². The second-order valence-corrected chi connectivity index (χ2v) is 5.92. The molecule has 2 fully saturated rings. The summed E-state index contributed by atoms with van der Waals surface area (Å²) in [4.78, 5) is 24.1. The third-order valence-electron chi connectivity index (χ3n) is 3.79. The molecule has 114 valence electrons. The largest absolute Gasteiger partial charge is 0.465 e. The van der Waals surface area contributed by atoms with Gasteiger partial charge in [0.25, 0.3) is 0 Å². The number of nitrogens with zero attached hydrogens (tertiary/aromatic N) is 1. The quantitative estimate of drug-likeness (QED) is 0.857. The molecular weight excluding hydrogens is 262 g/mol. The van der Waals surface area contributed by atoms with E-state index in [2.05, 4.69) is 0 Å². The number of likely N-dealkylation sites (tertiary alicyclic amines) is 1. The topological polar surface area (TPSA) is 76.1 Å². The van der Waals surface area contributed by atoms with Crippen LogP contribution in [0.2, 0.25) is 0 Å². The Labute approximate surface area is 119 Å². The molecule has 0 bridgehead atoms. The lowest BCUT2D eigenvalue weighted by Gasteiger charge is -2.30. The molecule has 1 N–H and O–H groups in total. The molecule has 1 unspecified atom stereocenters. The number of ether oxygens (including phenoxy) is 2. The maximum Gasteiger partial charge on any atom is 0.414 e. The molecule has 2 aliphatic rings. The van der Waals surface area contributed by atoms with Crippen LogP contribution in [0.15, 0.2) is 0 Å².